The van der Waals surface area contributed by atoms with Gasteiger partial charge in [0.05, 0.1) is 0 Å². The van der Waals surface area contributed by atoms with Crippen LogP contribution in [0.25, 0.3) is 0 Å². The summed E-state index contributed by atoms with van der Waals surface area (Å²) in [6, 6.07) is 0. The highest BCUT2D eigenvalue weighted by Gasteiger charge is 2.68. The van der Waals surface area contributed by atoms with Crippen LogP contribution < -0.4 is 0 Å². The molecule has 0 N–H and O–H groups in total. The number of piperidine rings is 1. The van der Waals surface area contributed by atoms with Gasteiger partial charge in [-0.1, -0.05) is 20.8 Å². The van der Waals surface area contributed by atoms with E-state index in [-0.39, 0.29) is 18.1 Å². The molecule has 0 aromatic rings. The number of likely N-dealkylation sites (tertiary alicyclic amines) is 1. The maximum Gasteiger partial charge on any atom is 0.225 e. The minimum absolute atomic E-state index is 0.217. The standard InChI is InChI=1S/C19H31NO4/c1-12(2)8-10-20-16(21)11-14-6-5-13(3)15-7-9-18(4)22-17(20)19(14,15)24-23-18/h12-15,17H,5-11H2,1-4H3/t13-,14+,15+,17?,18-,19+/m1/s1. The Morgan fingerprint density at radius 2 is 2.04 bits per heavy atom. The third-order valence-corrected chi connectivity index (χ3v) is 6.87. The number of rotatable bonds is 3. The Bertz CT molecular complexity index is 519. The van der Waals surface area contributed by atoms with Gasteiger partial charge in [-0.15, -0.1) is 0 Å². The first-order valence-corrected chi connectivity index (χ1v) is 9.70. The zero-order valence-corrected chi connectivity index (χ0v) is 15.4. The maximum absolute atomic E-state index is 12.9. The molecule has 4 heterocycles. The summed E-state index contributed by atoms with van der Waals surface area (Å²) in [5.74, 6) is 1.26. The van der Waals surface area contributed by atoms with Crippen LogP contribution in [0.5, 0.6) is 0 Å². The lowest BCUT2D eigenvalue weighted by Gasteiger charge is -2.60. The summed E-state index contributed by atoms with van der Waals surface area (Å²) in [4.78, 5) is 26.8. The molecule has 1 unspecified atom stereocenters. The van der Waals surface area contributed by atoms with Crippen molar-refractivity contribution in [1.82, 2.24) is 4.90 Å². The van der Waals surface area contributed by atoms with Gasteiger partial charge in [-0.05, 0) is 50.4 Å². The highest BCUT2D eigenvalue weighted by Crippen LogP contribution is 2.59. The van der Waals surface area contributed by atoms with Crippen LogP contribution in [0.2, 0.25) is 0 Å². The molecule has 1 amide bonds. The lowest BCUT2D eigenvalue weighted by molar-refractivity contribution is -0.546. The average molecular weight is 337 g/mol. The molecule has 5 fully saturated rings. The predicted molar refractivity (Wildman–Crippen MR) is 88.6 cm³/mol. The molecule has 0 aromatic heterocycles. The van der Waals surface area contributed by atoms with Crippen molar-refractivity contribution in [3.8, 4) is 0 Å². The van der Waals surface area contributed by atoms with Crippen LogP contribution in [0.4, 0.5) is 0 Å². The quantitative estimate of drug-likeness (QED) is 0.740. The fourth-order valence-electron chi connectivity index (χ4n) is 5.40. The van der Waals surface area contributed by atoms with E-state index < -0.39 is 11.4 Å². The van der Waals surface area contributed by atoms with E-state index in [1.54, 1.807) is 0 Å². The van der Waals surface area contributed by atoms with Crippen molar-refractivity contribution in [3.63, 3.8) is 0 Å². The molecule has 0 aromatic carbocycles. The second-order valence-corrected chi connectivity index (χ2v) is 8.99. The summed E-state index contributed by atoms with van der Waals surface area (Å²) in [6.07, 6.45) is 5.35. The van der Waals surface area contributed by atoms with Gasteiger partial charge in [0.1, 0.15) is 0 Å². The summed E-state index contributed by atoms with van der Waals surface area (Å²) in [7, 11) is 0. The molecule has 5 heteroatoms. The summed E-state index contributed by atoms with van der Waals surface area (Å²) >= 11 is 0. The molecular weight excluding hydrogens is 306 g/mol. The van der Waals surface area contributed by atoms with E-state index in [4.69, 9.17) is 14.5 Å². The van der Waals surface area contributed by atoms with Crippen LogP contribution in [0.15, 0.2) is 0 Å². The van der Waals surface area contributed by atoms with Gasteiger partial charge < -0.3 is 9.64 Å². The number of fused-ring (bicyclic) bond motifs is 2. The lowest BCUT2D eigenvalue weighted by atomic mass is 9.59. The molecule has 1 aliphatic carbocycles. The third-order valence-electron chi connectivity index (χ3n) is 6.87. The molecule has 5 nitrogen and oxygen atoms in total. The zero-order valence-electron chi connectivity index (χ0n) is 15.4. The summed E-state index contributed by atoms with van der Waals surface area (Å²) in [6.45, 7) is 9.42. The molecule has 5 rings (SSSR count). The van der Waals surface area contributed by atoms with Crippen LogP contribution in [0.3, 0.4) is 0 Å². The fourth-order valence-corrected chi connectivity index (χ4v) is 5.40. The normalized spacial score (nSPS) is 47.7. The van der Waals surface area contributed by atoms with Gasteiger partial charge >= 0.3 is 0 Å². The van der Waals surface area contributed by atoms with Gasteiger partial charge in [0.15, 0.2) is 11.8 Å². The van der Waals surface area contributed by atoms with Crippen LogP contribution in [-0.4, -0.2) is 35.0 Å². The molecule has 4 saturated heterocycles. The molecule has 6 atom stereocenters. The van der Waals surface area contributed by atoms with Gasteiger partial charge in [0.2, 0.25) is 11.7 Å². The Balaban J connectivity index is 1.74. The van der Waals surface area contributed by atoms with Crippen molar-refractivity contribution >= 4 is 5.91 Å². The average Bonchev–Trinajstić information content (AvgIpc) is 2.75. The second-order valence-electron chi connectivity index (χ2n) is 8.99. The summed E-state index contributed by atoms with van der Waals surface area (Å²) in [5.41, 5.74) is -0.474. The number of hydrogen-bond acceptors (Lipinski definition) is 4. The maximum atomic E-state index is 12.9. The van der Waals surface area contributed by atoms with Crippen molar-refractivity contribution in [2.75, 3.05) is 6.54 Å². The van der Waals surface area contributed by atoms with E-state index >= 15 is 0 Å². The van der Waals surface area contributed by atoms with E-state index in [1.165, 1.54) is 6.42 Å². The topological polar surface area (TPSA) is 48.0 Å². The van der Waals surface area contributed by atoms with Crippen molar-refractivity contribution in [1.29, 1.82) is 0 Å². The van der Waals surface area contributed by atoms with Crippen molar-refractivity contribution in [2.45, 2.75) is 83.8 Å². The van der Waals surface area contributed by atoms with E-state index in [2.05, 4.69) is 20.8 Å². The summed E-state index contributed by atoms with van der Waals surface area (Å²) < 4.78 is 6.45. The number of amides is 1. The van der Waals surface area contributed by atoms with Crippen molar-refractivity contribution < 1.29 is 19.3 Å². The summed E-state index contributed by atoms with van der Waals surface area (Å²) in [5, 5.41) is 0. The molecule has 136 valence electrons. The molecule has 2 bridgehead atoms. The number of carbonyl (C=O) groups excluding carboxylic acids is 1. The molecule has 4 aliphatic heterocycles. The monoisotopic (exact) mass is 337 g/mol. The van der Waals surface area contributed by atoms with E-state index in [0.29, 0.717) is 24.2 Å². The van der Waals surface area contributed by atoms with E-state index in [9.17, 15) is 4.79 Å². The highest BCUT2D eigenvalue weighted by molar-refractivity contribution is 5.78. The number of carbonyl (C=O) groups is 1. The minimum atomic E-state index is -0.731. The first kappa shape index (κ1) is 16.8. The SMILES string of the molecule is CC(C)CCN1C(=O)C[C@@H]2CC[C@@H](C)[C@@H]3CC[C@@]4(C)OO[C@@]23C1O4. The van der Waals surface area contributed by atoms with Crippen LogP contribution in [0.1, 0.15) is 66.2 Å². The first-order valence-electron chi connectivity index (χ1n) is 9.70. The number of ether oxygens (including phenoxy) is 1. The van der Waals surface area contributed by atoms with Gasteiger partial charge in [-0.25, -0.2) is 9.78 Å². The Morgan fingerprint density at radius 3 is 2.79 bits per heavy atom. The fraction of sp³-hybridized carbons (Fsp3) is 0.947. The smallest absolute Gasteiger partial charge is 0.225 e. The van der Waals surface area contributed by atoms with Gasteiger partial charge in [0.25, 0.3) is 0 Å². The van der Waals surface area contributed by atoms with Gasteiger partial charge in [0, 0.05) is 25.3 Å². The Labute approximate surface area is 144 Å². The van der Waals surface area contributed by atoms with E-state index in [0.717, 1.165) is 32.2 Å². The van der Waals surface area contributed by atoms with Crippen molar-refractivity contribution in [2.24, 2.45) is 23.7 Å². The molecule has 5 aliphatic rings. The van der Waals surface area contributed by atoms with Crippen molar-refractivity contribution in [3.05, 3.63) is 0 Å². The van der Waals surface area contributed by atoms with Gasteiger partial charge in [-0.2, -0.15) is 0 Å². The molecule has 24 heavy (non-hydrogen) atoms. The van der Waals surface area contributed by atoms with Crippen LogP contribution >= 0.6 is 0 Å². The number of hydrogen-bond donors (Lipinski definition) is 0. The third kappa shape index (κ3) is 2.35. The lowest BCUT2D eigenvalue weighted by Crippen LogP contribution is -2.73. The van der Waals surface area contributed by atoms with Crippen LogP contribution in [0, 0.1) is 23.7 Å². The second kappa shape index (κ2) is 5.68. The van der Waals surface area contributed by atoms with E-state index in [1.807, 2.05) is 11.8 Å². The molecular formula is C19H31NO4. The first-order chi connectivity index (χ1) is 11.4. The van der Waals surface area contributed by atoms with Crippen LogP contribution in [-0.2, 0) is 19.3 Å². The Morgan fingerprint density at radius 1 is 1.25 bits per heavy atom. The molecule has 1 spiro atoms. The Hall–Kier alpha value is -0.650. The Kier molecular flexibility index (Phi) is 3.98. The largest absolute Gasteiger partial charge is 0.321 e. The molecule has 1 saturated carbocycles. The van der Waals surface area contributed by atoms with Gasteiger partial charge in [-0.3, -0.25) is 4.79 Å². The molecule has 0 radical (unpaired) electrons. The number of nitrogens with zero attached hydrogens (tertiary/aromatic N) is 1. The predicted octanol–water partition coefficient (Wildman–Crippen LogP) is 3.48. The zero-order chi connectivity index (χ0) is 17.1. The highest BCUT2D eigenvalue weighted by atomic mass is 17.3. The minimum Gasteiger partial charge on any atom is -0.321 e.